The van der Waals surface area contributed by atoms with E-state index in [1.807, 2.05) is 20.8 Å². The molecule has 0 saturated carbocycles. The van der Waals surface area contributed by atoms with Crippen LogP contribution in [0.5, 0.6) is 0 Å². The van der Waals surface area contributed by atoms with Gasteiger partial charge in [-0.15, -0.1) is 0 Å². The largest absolute Gasteiger partial charge is 0.495 e. The molecule has 36 heavy (non-hydrogen) atoms. The number of aliphatic hydroxyl groups is 1. The van der Waals surface area contributed by atoms with E-state index in [1.165, 1.54) is 12.8 Å². The molecule has 0 aromatic rings. The summed E-state index contributed by atoms with van der Waals surface area (Å²) < 4.78 is 20.8. The lowest BCUT2D eigenvalue weighted by Gasteiger charge is -2.40. The van der Waals surface area contributed by atoms with Crippen molar-refractivity contribution < 1.29 is 14.2 Å². The highest BCUT2D eigenvalue weighted by molar-refractivity contribution is 5.87. The van der Waals surface area contributed by atoms with Gasteiger partial charge in [-0.1, -0.05) is 53.0 Å². The smallest absolute Gasteiger partial charge is 0.127 e. The van der Waals surface area contributed by atoms with Crippen LogP contribution in [0, 0.1) is 11.8 Å². The van der Waals surface area contributed by atoms with Crippen LogP contribution in [0.25, 0.3) is 0 Å². The highest BCUT2D eigenvalue weighted by Gasteiger charge is 2.43. The van der Waals surface area contributed by atoms with Crippen LogP contribution in [0.15, 0.2) is 51.3 Å². The molecular weight excluding hydrogens is 451 g/mol. The quantitative estimate of drug-likeness (QED) is 0.170. The van der Waals surface area contributed by atoms with Crippen molar-refractivity contribution in [1.29, 1.82) is 0 Å². The van der Waals surface area contributed by atoms with Gasteiger partial charge in [0.05, 0.1) is 6.61 Å². The Bertz CT molecular complexity index is 881. The number of hydrogen-bond acceptors (Lipinski definition) is 4. The van der Waals surface area contributed by atoms with Gasteiger partial charge in [-0.3, -0.25) is 4.99 Å². The summed E-state index contributed by atoms with van der Waals surface area (Å²) in [5, 5.41) is 14.5. The Morgan fingerprint density at radius 2 is 2.06 bits per heavy atom. The lowest BCUT2D eigenvalue weighted by Crippen LogP contribution is -2.41. The Hall–Kier alpha value is -1.88. The summed E-state index contributed by atoms with van der Waals surface area (Å²) in [7, 11) is 0. The predicted octanol–water partition coefficient (Wildman–Crippen LogP) is 8.31. The number of fused-ring (bicyclic) bond motifs is 1. The van der Waals surface area contributed by atoms with Gasteiger partial charge < -0.3 is 15.2 Å². The molecule has 0 saturated heterocycles. The molecule has 0 amide bonds. The van der Waals surface area contributed by atoms with Crippen molar-refractivity contribution in [2.45, 2.75) is 118 Å². The summed E-state index contributed by atoms with van der Waals surface area (Å²) in [5.41, 5.74) is 4.00. The maximum atomic E-state index is 14.8. The van der Waals surface area contributed by atoms with E-state index < -0.39 is 5.60 Å². The lowest BCUT2D eigenvalue weighted by molar-refractivity contribution is -0.0293. The molecule has 1 aliphatic heterocycles. The van der Waals surface area contributed by atoms with Crippen LogP contribution >= 0.6 is 0 Å². The van der Waals surface area contributed by atoms with Crippen LogP contribution in [-0.4, -0.2) is 29.6 Å². The van der Waals surface area contributed by atoms with Crippen molar-refractivity contribution in [2.24, 2.45) is 16.8 Å². The standard InChI is InChI=1S/C31H51FN2O2/c1-8-27(34-26(7)17-29(32)24(5)14-11-9-10-13-22(2)3)18-28-15-12-16-31(35)19-25(6)30(31)36-21-23(4)20-33-28/h15,17,22-23,33,35H,8-14,16,18-21H2,1-7H3/b26-17+,28-15-,29-24+,34-27+/t23?,31-/m1/s1. The van der Waals surface area contributed by atoms with E-state index in [0.717, 1.165) is 72.9 Å². The number of hydrogen-bond donors (Lipinski definition) is 2. The maximum absolute atomic E-state index is 14.8. The topological polar surface area (TPSA) is 53.9 Å². The Morgan fingerprint density at radius 1 is 1.31 bits per heavy atom. The molecule has 4 nitrogen and oxygen atoms in total. The van der Waals surface area contributed by atoms with Crippen molar-refractivity contribution >= 4 is 5.71 Å². The molecule has 0 aromatic carbocycles. The third kappa shape index (κ3) is 9.88. The molecule has 1 unspecified atom stereocenters. The van der Waals surface area contributed by atoms with Crippen LogP contribution in [0.1, 0.15) is 113 Å². The first kappa shape index (κ1) is 30.3. The highest BCUT2D eigenvalue weighted by Crippen LogP contribution is 2.42. The molecule has 0 fully saturated rings. The van der Waals surface area contributed by atoms with Crippen molar-refractivity contribution in [2.75, 3.05) is 13.2 Å². The second-order valence-corrected chi connectivity index (χ2v) is 11.5. The van der Waals surface area contributed by atoms with Gasteiger partial charge >= 0.3 is 0 Å². The third-order valence-corrected chi connectivity index (χ3v) is 7.22. The van der Waals surface area contributed by atoms with Crippen molar-refractivity contribution in [1.82, 2.24) is 5.32 Å². The second kappa shape index (κ2) is 14.8. The van der Waals surface area contributed by atoms with Crippen molar-refractivity contribution in [3.8, 4) is 0 Å². The van der Waals surface area contributed by atoms with Gasteiger partial charge in [0.1, 0.15) is 17.2 Å². The minimum absolute atomic E-state index is 0.149. The fraction of sp³-hybridized carbons (Fsp3) is 0.710. The molecule has 2 rings (SSSR count). The Kier molecular flexibility index (Phi) is 12.4. The Labute approximate surface area is 219 Å². The lowest BCUT2D eigenvalue weighted by atomic mass is 9.77. The zero-order valence-corrected chi connectivity index (χ0v) is 24.0. The van der Waals surface area contributed by atoms with Gasteiger partial charge in [0, 0.05) is 42.4 Å². The van der Waals surface area contributed by atoms with E-state index in [9.17, 15) is 9.50 Å². The molecule has 0 aromatic heterocycles. The number of allylic oxidation sites excluding steroid dienone is 6. The normalized spacial score (nSPS) is 26.2. The Morgan fingerprint density at radius 3 is 2.72 bits per heavy atom. The number of rotatable bonds is 11. The van der Waals surface area contributed by atoms with Crippen LogP contribution < -0.4 is 5.32 Å². The van der Waals surface area contributed by atoms with Crippen LogP contribution in [-0.2, 0) is 4.74 Å². The molecule has 0 bridgehead atoms. The molecule has 0 radical (unpaired) electrons. The van der Waals surface area contributed by atoms with Crippen molar-refractivity contribution in [3.63, 3.8) is 0 Å². The van der Waals surface area contributed by atoms with Crippen LogP contribution in [0.3, 0.4) is 0 Å². The first-order valence-electron chi connectivity index (χ1n) is 14.1. The first-order chi connectivity index (χ1) is 17.0. The van der Waals surface area contributed by atoms with Crippen LogP contribution in [0.4, 0.5) is 4.39 Å². The van der Waals surface area contributed by atoms with Gasteiger partial charge in [-0.25, -0.2) is 4.39 Å². The van der Waals surface area contributed by atoms with E-state index in [4.69, 9.17) is 9.73 Å². The number of unbranched alkanes of at least 4 members (excludes halogenated alkanes) is 2. The van der Waals surface area contributed by atoms with Gasteiger partial charge in [-0.2, -0.15) is 0 Å². The number of ether oxygens (including phenoxy) is 1. The predicted molar refractivity (Wildman–Crippen MR) is 151 cm³/mol. The Balaban J connectivity index is 2.02. The number of nitrogens with one attached hydrogen (secondary N) is 1. The van der Waals surface area contributed by atoms with Gasteiger partial charge in [0.25, 0.3) is 0 Å². The molecule has 2 atom stereocenters. The molecule has 0 spiro atoms. The maximum Gasteiger partial charge on any atom is 0.127 e. The first-order valence-corrected chi connectivity index (χ1v) is 14.1. The van der Waals surface area contributed by atoms with E-state index in [0.29, 0.717) is 37.5 Å². The second-order valence-electron chi connectivity index (χ2n) is 11.5. The fourth-order valence-electron chi connectivity index (χ4n) is 4.92. The van der Waals surface area contributed by atoms with Crippen molar-refractivity contribution in [3.05, 3.63) is 46.3 Å². The summed E-state index contributed by atoms with van der Waals surface area (Å²) in [6.07, 6.45) is 12.9. The summed E-state index contributed by atoms with van der Waals surface area (Å²) in [6, 6.07) is 0. The zero-order valence-electron chi connectivity index (χ0n) is 24.0. The summed E-state index contributed by atoms with van der Waals surface area (Å²) in [5.74, 6) is 1.68. The average molecular weight is 503 g/mol. The third-order valence-electron chi connectivity index (χ3n) is 7.22. The molecule has 5 heteroatoms. The molecule has 2 N–H and O–H groups in total. The molecular formula is C31H51FN2O2. The fourth-order valence-corrected chi connectivity index (χ4v) is 4.92. The molecule has 2 aliphatic rings. The molecule has 204 valence electrons. The highest BCUT2D eigenvalue weighted by atomic mass is 19.1. The van der Waals surface area contributed by atoms with Gasteiger partial charge in [0.15, 0.2) is 0 Å². The molecule has 1 aliphatic carbocycles. The minimum atomic E-state index is -0.826. The zero-order chi connectivity index (χ0) is 26.7. The van der Waals surface area contributed by atoms with Crippen LogP contribution in [0.2, 0.25) is 0 Å². The summed E-state index contributed by atoms with van der Waals surface area (Å²) in [6.45, 7) is 16.0. The average Bonchev–Trinajstić information content (AvgIpc) is 2.82. The number of nitrogens with zero attached hydrogens (tertiary/aromatic N) is 1. The molecule has 1 heterocycles. The minimum Gasteiger partial charge on any atom is -0.495 e. The van der Waals surface area contributed by atoms with E-state index in [1.54, 1.807) is 6.08 Å². The van der Waals surface area contributed by atoms with Gasteiger partial charge in [0.2, 0.25) is 0 Å². The summed E-state index contributed by atoms with van der Waals surface area (Å²) >= 11 is 0. The monoisotopic (exact) mass is 502 g/mol. The number of halogens is 1. The van der Waals surface area contributed by atoms with E-state index in [2.05, 4.69) is 39.1 Å². The van der Waals surface area contributed by atoms with E-state index >= 15 is 0 Å². The van der Waals surface area contributed by atoms with E-state index in [-0.39, 0.29) is 5.83 Å². The SMILES string of the molecule is CC\C(C/C1=C/CC[C@@]2(O)CC(C)=C2OCC(C)CN1)=N/C(C)=C/C(F)=C(/C)CCCCCC(C)C. The number of aliphatic imine (C=N–C) groups is 1. The summed E-state index contributed by atoms with van der Waals surface area (Å²) in [4.78, 5) is 4.78. The van der Waals surface area contributed by atoms with Gasteiger partial charge in [-0.05, 0) is 76.0 Å².